The minimum absolute atomic E-state index is 0.0252. The van der Waals surface area contributed by atoms with Crippen LogP contribution in [0.5, 0.6) is 0 Å². The van der Waals surface area contributed by atoms with Crippen LogP contribution in [-0.4, -0.2) is 5.91 Å². The van der Waals surface area contributed by atoms with E-state index in [0.717, 1.165) is 11.3 Å². The quantitative estimate of drug-likeness (QED) is 0.780. The Labute approximate surface area is 95.1 Å². The number of carbonyl (C=O) groups excluding carboxylic acids is 1. The molecule has 2 rings (SSSR count). The molecule has 0 spiro atoms. The van der Waals surface area contributed by atoms with Gasteiger partial charge >= 0.3 is 0 Å². The van der Waals surface area contributed by atoms with Gasteiger partial charge in [0.1, 0.15) is 0 Å². The lowest BCUT2D eigenvalue weighted by molar-refractivity contribution is -0.120. The van der Waals surface area contributed by atoms with Crippen molar-refractivity contribution >= 4 is 11.6 Å². The van der Waals surface area contributed by atoms with Crippen LogP contribution in [0.15, 0.2) is 12.1 Å². The Morgan fingerprint density at radius 3 is 2.81 bits per heavy atom. The summed E-state index contributed by atoms with van der Waals surface area (Å²) in [6, 6.07) is 6.15. The Hall–Kier alpha value is -1.82. The molecule has 16 heavy (non-hydrogen) atoms. The van der Waals surface area contributed by atoms with Crippen molar-refractivity contribution in [2.24, 2.45) is 5.92 Å². The number of carbonyl (C=O) groups is 1. The van der Waals surface area contributed by atoms with Crippen molar-refractivity contribution < 1.29 is 4.79 Å². The molecular weight excluding hydrogens is 200 g/mol. The molecule has 1 heterocycles. The van der Waals surface area contributed by atoms with E-state index < -0.39 is 0 Å². The van der Waals surface area contributed by atoms with E-state index in [9.17, 15) is 4.79 Å². The van der Waals surface area contributed by atoms with E-state index in [1.807, 2.05) is 19.9 Å². The van der Waals surface area contributed by atoms with Gasteiger partial charge in [-0.2, -0.15) is 5.26 Å². The number of nitrogens with one attached hydrogen (secondary N) is 1. The molecular formula is C13H14N2O. The second-order valence-electron chi connectivity index (χ2n) is 4.31. The van der Waals surface area contributed by atoms with Crippen LogP contribution in [0.4, 0.5) is 5.69 Å². The number of nitrogens with zero attached hydrogens (tertiary/aromatic N) is 1. The lowest BCUT2D eigenvalue weighted by Crippen LogP contribution is -2.30. The van der Waals surface area contributed by atoms with Crippen LogP contribution in [0.3, 0.4) is 0 Å². The fourth-order valence-electron chi connectivity index (χ4n) is 2.15. The van der Waals surface area contributed by atoms with Gasteiger partial charge in [-0.25, -0.2) is 0 Å². The topological polar surface area (TPSA) is 52.9 Å². The van der Waals surface area contributed by atoms with Gasteiger partial charge in [-0.15, -0.1) is 0 Å². The van der Waals surface area contributed by atoms with Crippen LogP contribution in [0.1, 0.15) is 23.1 Å². The van der Waals surface area contributed by atoms with Gasteiger partial charge < -0.3 is 5.32 Å². The lowest BCUT2D eigenvalue weighted by atomic mass is 9.87. The van der Waals surface area contributed by atoms with Gasteiger partial charge in [-0.3, -0.25) is 4.79 Å². The number of rotatable bonds is 1. The van der Waals surface area contributed by atoms with E-state index in [0.29, 0.717) is 12.8 Å². The third-order valence-electron chi connectivity index (χ3n) is 3.16. The minimum Gasteiger partial charge on any atom is -0.325 e. The third-order valence-corrected chi connectivity index (χ3v) is 3.16. The predicted molar refractivity (Wildman–Crippen MR) is 62.0 cm³/mol. The zero-order valence-electron chi connectivity index (χ0n) is 9.50. The van der Waals surface area contributed by atoms with E-state index in [4.69, 9.17) is 5.26 Å². The van der Waals surface area contributed by atoms with Crippen molar-refractivity contribution in [3.63, 3.8) is 0 Å². The van der Waals surface area contributed by atoms with Gasteiger partial charge in [0.2, 0.25) is 5.91 Å². The number of benzene rings is 1. The van der Waals surface area contributed by atoms with Crippen LogP contribution >= 0.6 is 0 Å². The van der Waals surface area contributed by atoms with Crippen LogP contribution in [-0.2, 0) is 11.2 Å². The number of fused-ring (bicyclic) bond motifs is 1. The highest BCUT2D eigenvalue weighted by molar-refractivity contribution is 5.97. The van der Waals surface area contributed by atoms with Crippen LogP contribution < -0.4 is 5.32 Å². The molecule has 1 aromatic carbocycles. The first-order valence-electron chi connectivity index (χ1n) is 5.40. The number of anilines is 1. The first kappa shape index (κ1) is 10.7. The molecule has 3 nitrogen and oxygen atoms in total. The summed E-state index contributed by atoms with van der Waals surface area (Å²) in [6.45, 7) is 4.03. The third kappa shape index (κ3) is 1.67. The molecule has 0 fully saturated rings. The SMILES string of the molecule is Cc1ccc(C)c2c1CC(CC#N)C(=O)N2. The molecule has 1 aliphatic rings. The van der Waals surface area contributed by atoms with Crippen molar-refractivity contribution in [3.8, 4) is 6.07 Å². The summed E-state index contributed by atoms with van der Waals surface area (Å²) in [5, 5.41) is 11.6. The molecule has 0 aliphatic carbocycles. The first-order valence-corrected chi connectivity index (χ1v) is 5.40. The summed E-state index contributed by atoms with van der Waals surface area (Å²) in [5.74, 6) is -0.222. The monoisotopic (exact) mass is 214 g/mol. The minimum atomic E-state index is -0.196. The Balaban J connectivity index is 2.43. The molecule has 82 valence electrons. The second-order valence-corrected chi connectivity index (χ2v) is 4.31. The molecule has 1 unspecified atom stereocenters. The number of nitriles is 1. The fraction of sp³-hybridized carbons (Fsp3) is 0.385. The van der Waals surface area contributed by atoms with E-state index in [2.05, 4.69) is 17.5 Å². The maximum Gasteiger partial charge on any atom is 0.228 e. The predicted octanol–water partition coefficient (Wildman–Crippen LogP) is 2.33. The van der Waals surface area contributed by atoms with Crippen molar-refractivity contribution in [2.45, 2.75) is 26.7 Å². The van der Waals surface area contributed by atoms with E-state index in [-0.39, 0.29) is 11.8 Å². The summed E-state index contributed by atoms with van der Waals surface area (Å²) in [6.07, 6.45) is 0.973. The number of aryl methyl sites for hydroxylation is 2. The average molecular weight is 214 g/mol. The van der Waals surface area contributed by atoms with Crippen LogP contribution in [0.2, 0.25) is 0 Å². The van der Waals surface area contributed by atoms with Gasteiger partial charge in [0.05, 0.1) is 12.0 Å². The zero-order chi connectivity index (χ0) is 11.7. The maximum atomic E-state index is 11.7. The van der Waals surface area contributed by atoms with Gasteiger partial charge in [-0.1, -0.05) is 12.1 Å². The van der Waals surface area contributed by atoms with E-state index >= 15 is 0 Å². The number of amides is 1. The number of hydrogen-bond acceptors (Lipinski definition) is 2. The van der Waals surface area contributed by atoms with Crippen molar-refractivity contribution in [1.29, 1.82) is 5.26 Å². The van der Waals surface area contributed by atoms with Gasteiger partial charge in [0.25, 0.3) is 0 Å². The molecule has 1 amide bonds. The van der Waals surface area contributed by atoms with Crippen molar-refractivity contribution in [3.05, 3.63) is 28.8 Å². The van der Waals surface area contributed by atoms with Gasteiger partial charge in [-0.05, 0) is 37.0 Å². The smallest absolute Gasteiger partial charge is 0.228 e. The molecule has 1 atom stereocenters. The summed E-state index contributed by atoms with van der Waals surface area (Å²) >= 11 is 0. The average Bonchev–Trinajstić information content (AvgIpc) is 2.26. The van der Waals surface area contributed by atoms with Crippen molar-refractivity contribution in [1.82, 2.24) is 0 Å². The first-order chi connectivity index (χ1) is 7.63. The number of hydrogen-bond donors (Lipinski definition) is 1. The Bertz CT molecular complexity index is 485. The summed E-state index contributed by atoms with van der Waals surface area (Å²) in [5.41, 5.74) is 4.40. The molecule has 0 aromatic heterocycles. The second kappa shape index (κ2) is 3.97. The molecule has 0 radical (unpaired) electrons. The summed E-state index contributed by atoms with van der Waals surface area (Å²) in [7, 11) is 0. The van der Waals surface area contributed by atoms with Crippen LogP contribution in [0, 0.1) is 31.1 Å². The zero-order valence-corrected chi connectivity index (χ0v) is 9.50. The van der Waals surface area contributed by atoms with Gasteiger partial charge in [0, 0.05) is 12.1 Å². The molecule has 0 saturated carbocycles. The van der Waals surface area contributed by atoms with Crippen LogP contribution in [0.25, 0.3) is 0 Å². The Morgan fingerprint density at radius 1 is 1.44 bits per heavy atom. The molecule has 1 aliphatic heterocycles. The summed E-state index contributed by atoms with van der Waals surface area (Å²) < 4.78 is 0. The molecule has 0 saturated heterocycles. The molecule has 1 N–H and O–H groups in total. The standard InChI is InChI=1S/C13H14N2O/c1-8-3-4-9(2)12-11(8)7-10(5-6-14)13(16)15-12/h3-4,10H,5,7H2,1-2H3,(H,15,16). The highest BCUT2D eigenvalue weighted by Crippen LogP contribution is 2.32. The largest absolute Gasteiger partial charge is 0.325 e. The molecule has 3 heteroatoms. The Kier molecular flexibility index (Phi) is 2.66. The molecule has 1 aromatic rings. The fourth-order valence-corrected chi connectivity index (χ4v) is 2.15. The van der Waals surface area contributed by atoms with Crippen molar-refractivity contribution in [2.75, 3.05) is 5.32 Å². The highest BCUT2D eigenvalue weighted by Gasteiger charge is 2.27. The Morgan fingerprint density at radius 2 is 2.12 bits per heavy atom. The van der Waals surface area contributed by atoms with E-state index in [1.165, 1.54) is 11.1 Å². The molecule has 0 bridgehead atoms. The van der Waals surface area contributed by atoms with Gasteiger partial charge in [0.15, 0.2) is 0 Å². The normalized spacial score (nSPS) is 18.6. The lowest BCUT2D eigenvalue weighted by Gasteiger charge is -2.26. The maximum absolute atomic E-state index is 11.7. The highest BCUT2D eigenvalue weighted by atomic mass is 16.1. The summed E-state index contributed by atoms with van der Waals surface area (Å²) in [4.78, 5) is 11.7. The van der Waals surface area contributed by atoms with E-state index in [1.54, 1.807) is 0 Å².